The van der Waals surface area contributed by atoms with Crippen LogP contribution >= 0.6 is 0 Å². The van der Waals surface area contributed by atoms with Gasteiger partial charge in [-0.2, -0.15) is 0 Å². The van der Waals surface area contributed by atoms with Crippen molar-refractivity contribution in [1.29, 1.82) is 0 Å². The summed E-state index contributed by atoms with van der Waals surface area (Å²) in [5.41, 5.74) is 5.44. The topological polar surface area (TPSA) is 63.8 Å². The Kier molecular flexibility index (Phi) is 4.32. The van der Waals surface area contributed by atoms with Gasteiger partial charge >= 0.3 is 0 Å². The first-order valence-corrected chi connectivity index (χ1v) is 4.98. The summed E-state index contributed by atoms with van der Waals surface area (Å²) in [4.78, 5) is 8.27. The maximum absolute atomic E-state index is 5.44. The van der Waals surface area contributed by atoms with E-state index in [2.05, 4.69) is 29.1 Å². The molecule has 78 valence electrons. The zero-order valence-corrected chi connectivity index (χ0v) is 8.83. The van der Waals surface area contributed by atoms with Crippen molar-refractivity contribution in [3.63, 3.8) is 0 Å². The van der Waals surface area contributed by atoms with Crippen LogP contribution in [-0.2, 0) is 6.54 Å². The van der Waals surface area contributed by atoms with Crippen molar-refractivity contribution in [3.8, 4) is 0 Å². The summed E-state index contributed by atoms with van der Waals surface area (Å²) in [6.45, 7) is 5.73. The van der Waals surface area contributed by atoms with Gasteiger partial charge in [-0.3, -0.25) is 0 Å². The van der Waals surface area contributed by atoms with Crippen LogP contribution in [0, 0.1) is 5.92 Å². The lowest BCUT2D eigenvalue weighted by molar-refractivity contribution is 0.606. The zero-order valence-electron chi connectivity index (χ0n) is 8.83. The van der Waals surface area contributed by atoms with Gasteiger partial charge in [-0.25, -0.2) is 9.97 Å². The summed E-state index contributed by atoms with van der Waals surface area (Å²) in [6.07, 6.45) is 2.87. The molecule has 0 saturated heterocycles. The molecule has 0 aliphatic rings. The molecule has 4 nitrogen and oxygen atoms in total. The second kappa shape index (κ2) is 5.54. The van der Waals surface area contributed by atoms with Gasteiger partial charge in [-0.05, 0) is 18.4 Å². The number of hydrogen-bond donors (Lipinski definition) is 2. The maximum atomic E-state index is 5.44. The van der Waals surface area contributed by atoms with E-state index in [0.717, 1.165) is 18.8 Å². The molecule has 0 unspecified atom stereocenters. The van der Waals surface area contributed by atoms with Crippen LogP contribution < -0.4 is 11.1 Å². The van der Waals surface area contributed by atoms with E-state index < -0.39 is 0 Å². The molecular weight excluding hydrogens is 176 g/mol. The van der Waals surface area contributed by atoms with Gasteiger partial charge in [0.25, 0.3) is 0 Å². The molecule has 0 amide bonds. The van der Waals surface area contributed by atoms with Crippen LogP contribution in [0.25, 0.3) is 0 Å². The van der Waals surface area contributed by atoms with Crippen LogP contribution in [0.15, 0.2) is 12.3 Å². The van der Waals surface area contributed by atoms with Crippen molar-refractivity contribution >= 4 is 5.82 Å². The number of aromatic nitrogens is 2. The first-order chi connectivity index (χ1) is 6.72. The normalized spacial score (nSPS) is 10.6. The van der Waals surface area contributed by atoms with Crippen LogP contribution in [0.4, 0.5) is 5.82 Å². The lowest BCUT2D eigenvalue weighted by Gasteiger charge is -2.07. The highest BCUT2D eigenvalue weighted by Gasteiger charge is 1.97. The van der Waals surface area contributed by atoms with Gasteiger partial charge in [0.2, 0.25) is 0 Å². The van der Waals surface area contributed by atoms with E-state index in [4.69, 9.17) is 5.73 Å². The van der Waals surface area contributed by atoms with Crippen molar-refractivity contribution in [3.05, 3.63) is 18.1 Å². The summed E-state index contributed by atoms with van der Waals surface area (Å²) in [5.74, 6) is 2.25. The Bertz CT molecular complexity index is 273. The van der Waals surface area contributed by atoms with Gasteiger partial charge in [-0.1, -0.05) is 13.8 Å². The summed E-state index contributed by atoms with van der Waals surface area (Å²) < 4.78 is 0. The molecule has 0 saturated carbocycles. The van der Waals surface area contributed by atoms with Crippen LogP contribution in [0.3, 0.4) is 0 Å². The van der Waals surface area contributed by atoms with E-state index in [1.165, 1.54) is 0 Å². The number of nitrogens with zero attached hydrogens (tertiary/aromatic N) is 2. The fourth-order valence-electron chi connectivity index (χ4n) is 1.08. The molecule has 0 aromatic carbocycles. The Morgan fingerprint density at radius 1 is 1.50 bits per heavy atom. The van der Waals surface area contributed by atoms with Gasteiger partial charge in [0.1, 0.15) is 11.6 Å². The molecule has 14 heavy (non-hydrogen) atoms. The smallest absolute Gasteiger partial charge is 0.144 e. The van der Waals surface area contributed by atoms with Crippen LogP contribution in [0.1, 0.15) is 26.1 Å². The van der Waals surface area contributed by atoms with Gasteiger partial charge in [0.15, 0.2) is 0 Å². The summed E-state index contributed by atoms with van der Waals surface area (Å²) >= 11 is 0. The molecule has 1 heterocycles. The van der Waals surface area contributed by atoms with Crippen LogP contribution in [0.2, 0.25) is 0 Å². The van der Waals surface area contributed by atoms with E-state index in [1.54, 1.807) is 6.20 Å². The van der Waals surface area contributed by atoms with Crippen molar-refractivity contribution in [2.45, 2.75) is 26.8 Å². The Morgan fingerprint density at radius 3 is 2.93 bits per heavy atom. The molecule has 4 heteroatoms. The average Bonchev–Trinajstić information content (AvgIpc) is 2.18. The average molecular weight is 194 g/mol. The highest BCUT2D eigenvalue weighted by atomic mass is 15.0. The minimum Gasteiger partial charge on any atom is -0.370 e. The zero-order chi connectivity index (χ0) is 10.4. The van der Waals surface area contributed by atoms with Crippen LogP contribution in [0.5, 0.6) is 0 Å². The molecule has 0 aliphatic heterocycles. The van der Waals surface area contributed by atoms with E-state index in [9.17, 15) is 0 Å². The number of hydrogen-bond acceptors (Lipinski definition) is 4. The van der Waals surface area contributed by atoms with Gasteiger partial charge in [0, 0.05) is 12.7 Å². The number of anilines is 1. The Morgan fingerprint density at radius 2 is 2.29 bits per heavy atom. The SMILES string of the molecule is CC(C)CCNc1ccnc(CN)n1. The molecule has 1 rings (SSSR count). The van der Waals surface area contributed by atoms with Crippen LogP contribution in [-0.4, -0.2) is 16.5 Å². The molecule has 0 spiro atoms. The molecule has 1 aromatic heterocycles. The number of nitrogens with two attached hydrogens (primary N) is 1. The molecule has 0 atom stereocenters. The summed E-state index contributed by atoms with van der Waals surface area (Å²) in [6, 6.07) is 1.86. The predicted molar refractivity (Wildman–Crippen MR) is 57.9 cm³/mol. The number of rotatable bonds is 5. The molecule has 0 aliphatic carbocycles. The highest BCUT2D eigenvalue weighted by molar-refractivity contribution is 5.32. The van der Waals surface area contributed by atoms with Gasteiger partial charge in [0.05, 0.1) is 6.54 Å². The first-order valence-electron chi connectivity index (χ1n) is 4.98. The van der Waals surface area contributed by atoms with Gasteiger partial charge in [-0.15, -0.1) is 0 Å². The van der Waals surface area contributed by atoms with Crippen molar-refractivity contribution in [1.82, 2.24) is 9.97 Å². The minimum atomic E-state index is 0.389. The fraction of sp³-hybridized carbons (Fsp3) is 0.600. The quantitative estimate of drug-likeness (QED) is 0.743. The Hall–Kier alpha value is -1.16. The standard InChI is InChI=1S/C10H18N4/c1-8(2)3-5-12-9-4-6-13-10(7-11)14-9/h4,6,8H,3,5,7,11H2,1-2H3,(H,12,13,14). The summed E-state index contributed by atoms with van der Waals surface area (Å²) in [5, 5.41) is 3.24. The van der Waals surface area contributed by atoms with E-state index in [-0.39, 0.29) is 0 Å². The lowest BCUT2D eigenvalue weighted by Crippen LogP contribution is -2.09. The molecule has 0 bridgehead atoms. The maximum Gasteiger partial charge on any atom is 0.144 e. The monoisotopic (exact) mass is 194 g/mol. The van der Waals surface area contributed by atoms with E-state index >= 15 is 0 Å². The fourth-order valence-corrected chi connectivity index (χ4v) is 1.08. The molecule has 0 fully saturated rings. The number of nitrogens with one attached hydrogen (secondary N) is 1. The van der Waals surface area contributed by atoms with E-state index in [0.29, 0.717) is 18.3 Å². The lowest BCUT2D eigenvalue weighted by atomic mass is 10.1. The first kappa shape index (κ1) is 10.9. The third-order valence-corrected chi connectivity index (χ3v) is 1.92. The molecule has 3 N–H and O–H groups in total. The molecular formula is C10H18N4. The minimum absolute atomic E-state index is 0.389. The highest BCUT2D eigenvalue weighted by Crippen LogP contribution is 2.04. The largest absolute Gasteiger partial charge is 0.370 e. The van der Waals surface area contributed by atoms with Crippen molar-refractivity contribution in [2.24, 2.45) is 11.7 Å². The molecule has 1 aromatic rings. The Balaban J connectivity index is 2.42. The Labute approximate surface area is 85.0 Å². The second-order valence-corrected chi connectivity index (χ2v) is 3.67. The predicted octanol–water partition coefficient (Wildman–Crippen LogP) is 1.39. The van der Waals surface area contributed by atoms with Crippen molar-refractivity contribution < 1.29 is 0 Å². The summed E-state index contributed by atoms with van der Waals surface area (Å²) in [7, 11) is 0. The van der Waals surface area contributed by atoms with Gasteiger partial charge < -0.3 is 11.1 Å². The van der Waals surface area contributed by atoms with Crippen molar-refractivity contribution in [2.75, 3.05) is 11.9 Å². The van der Waals surface area contributed by atoms with E-state index in [1.807, 2.05) is 6.07 Å². The second-order valence-electron chi connectivity index (χ2n) is 3.67. The third kappa shape index (κ3) is 3.70. The molecule has 0 radical (unpaired) electrons. The third-order valence-electron chi connectivity index (χ3n) is 1.92.